The minimum atomic E-state index is -0.240. The Labute approximate surface area is 161 Å². The van der Waals surface area contributed by atoms with Crippen molar-refractivity contribution in [3.05, 3.63) is 62.6 Å². The van der Waals surface area contributed by atoms with Crippen molar-refractivity contribution in [3.63, 3.8) is 0 Å². The molecule has 1 N–H and O–H groups in total. The molecule has 0 bridgehead atoms. The molecule has 7 heteroatoms. The molecule has 0 aromatic heterocycles. The second-order valence-corrected chi connectivity index (χ2v) is 6.83. The Morgan fingerprint density at radius 2 is 1.76 bits per heavy atom. The van der Waals surface area contributed by atoms with Gasteiger partial charge in [0.25, 0.3) is 0 Å². The first-order chi connectivity index (χ1) is 11.8. The quantitative estimate of drug-likeness (QED) is 0.541. The van der Waals surface area contributed by atoms with E-state index in [1.807, 2.05) is 13.8 Å². The van der Waals surface area contributed by atoms with Crippen molar-refractivity contribution >= 4 is 46.9 Å². The average molecular weight is 400 g/mol. The molecule has 0 saturated heterocycles. The monoisotopic (exact) mass is 398 g/mol. The van der Waals surface area contributed by atoms with Crippen molar-refractivity contribution in [1.29, 1.82) is 0 Å². The molecule has 0 aliphatic heterocycles. The van der Waals surface area contributed by atoms with Gasteiger partial charge in [-0.25, -0.2) is 5.43 Å². The highest BCUT2D eigenvalue weighted by molar-refractivity contribution is 6.37. The minimum absolute atomic E-state index is 0.0401. The zero-order chi connectivity index (χ0) is 18.4. The van der Waals surface area contributed by atoms with Gasteiger partial charge in [0.1, 0.15) is 0 Å². The molecule has 132 valence electrons. The molecule has 1 amide bonds. The van der Waals surface area contributed by atoms with E-state index in [0.29, 0.717) is 26.4 Å². The first-order valence-electron chi connectivity index (χ1n) is 7.57. The topological polar surface area (TPSA) is 50.7 Å². The normalized spacial score (nSPS) is 11.1. The molecule has 2 rings (SSSR count). The molecule has 0 radical (unpaired) electrons. The minimum Gasteiger partial charge on any atom is -0.488 e. The van der Waals surface area contributed by atoms with Crippen LogP contribution in [0.2, 0.25) is 15.1 Å². The fourth-order valence-corrected chi connectivity index (χ4v) is 2.73. The Kier molecular flexibility index (Phi) is 7.12. The maximum absolute atomic E-state index is 11.9. The molecular formula is C18H17Cl3N2O2. The van der Waals surface area contributed by atoms with Gasteiger partial charge in [0.15, 0.2) is 5.75 Å². The second kappa shape index (κ2) is 9.09. The van der Waals surface area contributed by atoms with Crippen LogP contribution >= 0.6 is 34.8 Å². The van der Waals surface area contributed by atoms with E-state index in [2.05, 4.69) is 10.5 Å². The molecule has 0 spiro atoms. The van der Waals surface area contributed by atoms with Crippen LogP contribution in [0.3, 0.4) is 0 Å². The maximum atomic E-state index is 11.9. The lowest BCUT2D eigenvalue weighted by molar-refractivity contribution is -0.120. The van der Waals surface area contributed by atoms with Crippen LogP contribution in [-0.2, 0) is 11.2 Å². The van der Waals surface area contributed by atoms with Crippen molar-refractivity contribution in [3.8, 4) is 5.75 Å². The summed E-state index contributed by atoms with van der Waals surface area (Å²) < 4.78 is 5.56. The average Bonchev–Trinajstić information content (AvgIpc) is 2.53. The van der Waals surface area contributed by atoms with Crippen LogP contribution < -0.4 is 10.2 Å². The molecule has 0 aliphatic rings. The Bertz CT molecular complexity index is 751. The van der Waals surface area contributed by atoms with Gasteiger partial charge in [-0.15, -0.1) is 0 Å². The lowest BCUT2D eigenvalue weighted by Crippen LogP contribution is -2.19. The number of benzene rings is 2. The maximum Gasteiger partial charge on any atom is 0.244 e. The fourth-order valence-electron chi connectivity index (χ4n) is 2.01. The Hall–Kier alpha value is -1.75. The van der Waals surface area contributed by atoms with Gasteiger partial charge < -0.3 is 4.74 Å². The Morgan fingerprint density at radius 1 is 1.16 bits per heavy atom. The van der Waals surface area contributed by atoms with Gasteiger partial charge >= 0.3 is 0 Å². The Balaban J connectivity index is 1.97. The number of hydrogen-bond donors (Lipinski definition) is 1. The third-order valence-electron chi connectivity index (χ3n) is 3.05. The van der Waals surface area contributed by atoms with Crippen molar-refractivity contribution in [2.75, 3.05) is 0 Å². The van der Waals surface area contributed by atoms with Gasteiger partial charge in [-0.05, 0) is 49.2 Å². The van der Waals surface area contributed by atoms with Crippen molar-refractivity contribution in [2.45, 2.75) is 26.4 Å². The molecule has 0 atom stereocenters. The van der Waals surface area contributed by atoms with Crippen LogP contribution in [0, 0.1) is 0 Å². The van der Waals surface area contributed by atoms with Crippen molar-refractivity contribution in [1.82, 2.24) is 5.43 Å². The summed E-state index contributed by atoms with van der Waals surface area (Å²) in [5.41, 5.74) is 3.96. The van der Waals surface area contributed by atoms with Crippen LogP contribution in [0.15, 0.2) is 41.5 Å². The summed E-state index contributed by atoms with van der Waals surface area (Å²) in [7, 11) is 0. The number of rotatable bonds is 6. The van der Waals surface area contributed by atoms with E-state index in [0.717, 1.165) is 5.56 Å². The van der Waals surface area contributed by atoms with E-state index in [-0.39, 0.29) is 18.4 Å². The number of nitrogens with zero attached hydrogens (tertiary/aromatic N) is 1. The van der Waals surface area contributed by atoms with Gasteiger partial charge in [-0.3, -0.25) is 4.79 Å². The molecule has 0 aliphatic carbocycles. The zero-order valence-corrected chi connectivity index (χ0v) is 16.0. The summed E-state index contributed by atoms with van der Waals surface area (Å²) in [6.07, 6.45) is 1.63. The number of carbonyl (C=O) groups excluding carboxylic acids is 1. The van der Waals surface area contributed by atoms with Crippen LogP contribution in [0.1, 0.15) is 25.0 Å². The first kappa shape index (κ1) is 19.6. The van der Waals surface area contributed by atoms with E-state index in [1.165, 1.54) is 6.21 Å². The lowest BCUT2D eigenvalue weighted by Gasteiger charge is -2.13. The standard InChI is InChI=1S/C18H17Cl3N2O2/c1-11(2)25-18-15(20)7-13(8-16(18)21)10-22-23-17(24)9-12-3-5-14(19)6-4-12/h3-8,10-11H,9H2,1-2H3,(H,23,24)/b22-10-. The number of hydrogen-bond acceptors (Lipinski definition) is 3. The second-order valence-electron chi connectivity index (χ2n) is 5.58. The molecule has 0 saturated carbocycles. The number of ether oxygens (including phenoxy) is 1. The number of amides is 1. The third-order valence-corrected chi connectivity index (χ3v) is 3.87. The predicted molar refractivity (Wildman–Crippen MR) is 103 cm³/mol. The highest BCUT2D eigenvalue weighted by atomic mass is 35.5. The summed E-state index contributed by atoms with van der Waals surface area (Å²) in [6.45, 7) is 3.77. The predicted octanol–water partition coefficient (Wildman–Crippen LogP) is 5.13. The molecular weight excluding hydrogens is 383 g/mol. The summed E-state index contributed by atoms with van der Waals surface area (Å²) in [5, 5.41) is 5.31. The zero-order valence-electron chi connectivity index (χ0n) is 13.7. The van der Waals surface area contributed by atoms with E-state index in [4.69, 9.17) is 39.5 Å². The number of carbonyl (C=O) groups is 1. The van der Waals surface area contributed by atoms with Crippen LogP contribution in [0.4, 0.5) is 0 Å². The largest absolute Gasteiger partial charge is 0.488 e. The van der Waals surface area contributed by atoms with E-state index in [1.54, 1.807) is 36.4 Å². The van der Waals surface area contributed by atoms with Crippen LogP contribution in [0.5, 0.6) is 5.75 Å². The molecule has 0 heterocycles. The van der Waals surface area contributed by atoms with Gasteiger partial charge in [0.05, 0.1) is 28.8 Å². The van der Waals surface area contributed by atoms with Crippen molar-refractivity contribution in [2.24, 2.45) is 5.10 Å². The van der Waals surface area contributed by atoms with Crippen molar-refractivity contribution < 1.29 is 9.53 Å². The van der Waals surface area contributed by atoms with E-state index in [9.17, 15) is 4.79 Å². The summed E-state index contributed by atoms with van der Waals surface area (Å²) in [5.74, 6) is 0.192. The fraction of sp³-hybridized carbons (Fsp3) is 0.222. The highest BCUT2D eigenvalue weighted by Gasteiger charge is 2.10. The van der Waals surface area contributed by atoms with Gasteiger partial charge in [0.2, 0.25) is 5.91 Å². The highest BCUT2D eigenvalue weighted by Crippen LogP contribution is 2.34. The molecule has 25 heavy (non-hydrogen) atoms. The molecule has 0 unspecified atom stereocenters. The molecule has 0 fully saturated rings. The van der Waals surface area contributed by atoms with E-state index < -0.39 is 0 Å². The smallest absolute Gasteiger partial charge is 0.244 e. The van der Waals surface area contributed by atoms with Crippen LogP contribution in [-0.4, -0.2) is 18.2 Å². The molecule has 4 nitrogen and oxygen atoms in total. The lowest BCUT2D eigenvalue weighted by atomic mass is 10.1. The Morgan fingerprint density at radius 3 is 2.32 bits per heavy atom. The first-order valence-corrected chi connectivity index (χ1v) is 8.70. The molecule has 2 aromatic rings. The van der Waals surface area contributed by atoms with Gasteiger partial charge in [-0.1, -0.05) is 46.9 Å². The number of nitrogens with one attached hydrogen (secondary N) is 1. The summed E-state index contributed by atoms with van der Waals surface area (Å²) in [4.78, 5) is 11.9. The number of halogens is 3. The SMILES string of the molecule is CC(C)Oc1c(Cl)cc(/C=N\NC(=O)Cc2ccc(Cl)cc2)cc1Cl. The van der Waals surface area contributed by atoms with Crippen LogP contribution in [0.25, 0.3) is 0 Å². The summed E-state index contributed by atoms with van der Waals surface area (Å²) >= 11 is 18.2. The number of hydrazone groups is 1. The molecule has 2 aromatic carbocycles. The van der Waals surface area contributed by atoms with Gasteiger partial charge in [-0.2, -0.15) is 5.10 Å². The van der Waals surface area contributed by atoms with Gasteiger partial charge in [0, 0.05) is 5.02 Å². The summed E-state index contributed by atoms with van der Waals surface area (Å²) in [6, 6.07) is 10.4. The van der Waals surface area contributed by atoms with E-state index >= 15 is 0 Å². The third kappa shape index (κ3) is 6.24.